The van der Waals surface area contributed by atoms with E-state index in [2.05, 4.69) is 10.2 Å². The van der Waals surface area contributed by atoms with Gasteiger partial charge in [0.1, 0.15) is 0 Å². The number of aromatic nitrogens is 2. The molecule has 1 aromatic rings. The van der Waals surface area contributed by atoms with Crippen molar-refractivity contribution >= 4 is 11.6 Å². The predicted molar refractivity (Wildman–Crippen MR) is 41.6 cm³/mol. The van der Waals surface area contributed by atoms with E-state index in [0.717, 1.165) is 5.75 Å². The van der Waals surface area contributed by atoms with E-state index in [4.69, 9.17) is 16.3 Å². The van der Waals surface area contributed by atoms with Gasteiger partial charge in [-0.05, 0) is 12.8 Å². The molecule has 0 amide bonds. The van der Waals surface area contributed by atoms with Crippen LogP contribution in [0.25, 0.3) is 0 Å². The molecule has 1 atom stereocenters. The summed E-state index contributed by atoms with van der Waals surface area (Å²) in [5.41, 5.74) is -0.174. The van der Waals surface area contributed by atoms with Crippen molar-refractivity contribution in [2.45, 2.75) is 18.4 Å². The SMILES string of the molecule is ClC(Oc1cn[nH]c1)C1CC1. The molecule has 0 saturated heterocycles. The topological polar surface area (TPSA) is 37.9 Å². The standard InChI is InChI=1S/C7H9ClN2O/c8-7(5-1-2-5)11-6-3-9-10-4-6/h3-5,7H,1-2H2,(H,9,10). The first-order valence-electron chi connectivity index (χ1n) is 3.66. The first-order chi connectivity index (χ1) is 5.36. The Kier molecular flexibility index (Phi) is 1.74. The second-order valence-corrected chi connectivity index (χ2v) is 3.17. The monoisotopic (exact) mass is 172 g/mol. The third kappa shape index (κ3) is 1.66. The Morgan fingerprint density at radius 1 is 1.73 bits per heavy atom. The van der Waals surface area contributed by atoms with Crippen LogP contribution in [0.3, 0.4) is 0 Å². The van der Waals surface area contributed by atoms with Gasteiger partial charge in [0.15, 0.2) is 11.3 Å². The van der Waals surface area contributed by atoms with Gasteiger partial charge in [0, 0.05) is 5.92 Å². The molecule has 1 saturated carbocycles. The van der Waals surface area contributed by atoms with E-state index in [9.17, 15) is 0 Å². The maximum Gasteiger partial charge on any atom is 0.175 e. The lowest BCUT2D eigenvalue weighted by Gasteiger charge is -2.07. The molecule has 2 rings (SSSR count). The Balaban J connectivity index is 1.89. The Hall–Kier alpha value is -0.700. The predicted octanol–water partition coefficient (Wildman–Crippen LogP) is 1.76. The molecule has 0 aliphatic heterocycles. The minimum Gasteiger partial charge on any atom is -0.471 e. The van der Waals surface area contributed by atoms with Crippen LogP contribution < -0.4 is 4.74 Å². The fourth-order valence-electron chi connectivity index (χ4n) is 0.888. The molecule has 1 fully saturated rings. The molecule has 0 aromatic carbocycles. The molecular weight excluding hydrogens is 164 g/mol. The highest BCUT2D eigenvalue weighted by Gasteiger charge is 2.31. The molecule has 1 aliphatic carbocycles. The van der Waals surface area contributed by atoms with Gasteiger partial charge in [-0.1, -0.05) is 11.6 Å². The molecule has 1 N–H and O–H groups in total. The molecule has 60 valence electrons. The smallest absolute Gasteiger partial charge is 0.175 e. The van der Waals surface area contributed by atoms with Gasteiger partial charge < -0.3 is 4.74 Å². The largest absolute Gasteiger partial charge is 0.471 e. The quantitative estimate of drug-likeness (QED) is 0.706. The van der Waals surface area contributed by atoms with Crippen LogP contribution in [0, 0.1) is 5.92 Å². The molecule has 1 unspecified atom stereocenters. The third-order valence-electron chi connectivity index (χ3n) is 1.71. The zero-order valence-corrected chi connectivity index (χ0v) is 6.71. The van der Waals surface area contributed by atoms with Crippen LogP contribution in [-0.2, 0) is 0 Å². The summed E-state index contributed by atoms with van der Waals surface area (Å²) in [7, 11) is 0. The number of nitrogens with zero attached hydrogens (tertiary/aromatic N) is 1. The van der Waals surface area contributed by atoms with E-state index in [0.29, 0.717) is 5.92 Å². The van der Waals surface area contributed by atoms with Gasteiger partial charge in [-0.3, -0.25) is 5.10 Å². The number of ether oxygens (including phenoxy) is 1. The highest BCUT2D eigenvalue weighted by Crippen LogP contribution is 2.36. The summed E-state index contributed by atoms with van der Waals surface area (Å²) in [4.78, 5) is 0. The van der Waals surface area contributed by atoms with E-state index in [1.54, 1.807) is 12.4 Å². The van der Waals surface area contributed by atoms with Crippen LogP contribution in [0.4, 0.5) is 0 Å². The van der Waals surface area contributed by atoms with E-state index in [1.807, 2.05) is 0 Å². The number of halogens is 1. The van der Waals surface area contributed by atoms with E-state index in [1.165, 1.54) is 12.8 Å². The lowest BCUT2D eigenvalue weighted by molar-refractivity contribution is 0.258. The molecule has 1 aromatic heterocycles. The molecule has 1 aliphatic rings. The first-order valence-corrected chi connectivity index (χ1v) is 4.09. The molecule has 4 heteroatoms. The lowest BCUT2D eigenvalue weighted by Crippen LogP contribution is -2.09. The van der Waals surface area contributed by atoms with Gasteiger partial charge in [0.25, 0.3) is 0 Å². The van der Waals surface area contributed by atoms with Crippen molar-refractivity contribution < 1.29 is 4.74 Å². The average molecular weight is 173 g/mol. The Bertz CT molecular complexity index is 220. The molecule has 0 spiro atoms. The van der Waals surface area contributed by atoms with Crippen LogP contribution in [-0.4, -0.2) is 15.8 Å². The van der Waals surface area contributed by atoms with Crippen LogP contribution >= 0.6 is 11.6 Å². The summed E-state index contributed by atoms with van der Waals surface area (Å²) in [6, 6.07) is 0. The highest BCUT2D eigenvalue weighted by atomic mass is 35.5. The van der Waals surface area contributed by atoms with Crippen molar-refractivity contribution in [1.29, 1.82) is 0 Å². The van der Waals surface area contributed by atoms with Crippen LogP contribution in [0.5, 0.6) is 5.75 Å². The van der Waals surface area contributed by atoms with E-state index < -0.39 is 0 Å². The van der Waals surface area contributed by atoms with Gasteiger partial charge >= 0.3 is 0 Å². The maximum absolute atomic E-state index is 5.91. The normalized spacial score (nSPS) is 19.7. The first kappa shape index (κ1) is 6.98. The zero-order chi connectivity index (χ0) is 7.68. The van der Waals surface area contributed by atoms with Crippen molar-refractivity contribution in [2.75, 3.05) is 0 Å². The van der Waals surface area contributed by atoms with Crippen molar-refractivity contribution in [2.24, 2.45) is 5.92 Å². The van der Waals surface area contributed by atoms with Crippen molar-refractivity contribution in [3.8, 4) is 5.75 Å². The van der Waals surface area contributed by atoms with E-state index >= 15 is 0 Å². The number of rotatable bonds is 3. The molecule has 0 bridgehead atoms. The van der Waals surface area contributed by atoms with Gasteiger partial charge in [-0.15, -0.1) is 0 Å². The number of H-pyrrole nitrogens is 1. The molecule has 11 heavy (non-hydrogen) atoms. The Labute approximate surface area is 69.7 Å². The van der Waals surface area contributed by atoms with Crippen molar-refractivity contribution in [3.05, 3.63) is 12.4 Å². The summed E-state index contributed by atoms with van der Waals surface area (Å²) in [6.07, 6.45) is 5.69. The zero-order valence-electron chi connectivity index (χ0n) is 5.96. The number of alkyl halides is 1. The molecule has 3 nitrogen and oxygen atoms in total. The maximum atomic E-state index is 5.91. The fourth-order valence-corrected chi connectivity index (χ4v) is 1.24. The second-order valence-electron chi connectivity index (χ2n) is 2.74. The fraction of sp³-hybridized carbons (Fsp3) is 0.571. The number of nitrogens with one attached hydrogen (secondary N) is 1. The van der Waals surface area contributed by atoms with Crippen molar-refractivity contribution in [3.63, 3.8) is 0 Å². The van der Waals surface area contributed by atoms with Crippen LogP contribution in [0.2, 0.25) is 0 Å². The Morgan fingerprint density at radius 2 is 2.55 bits per heavy atom. The van der Waals surface area contributed by atoms with Crippen molar-refractivity contribution in [1.82, 2.24) is 10.2 Å². The van der Waals surface area contributed by atoms with Crippen LogP contribution in [0.15, 0.2) is 12.4 Å². The highest BCUT2D eigenvalue weighted by molar-refractivity contribution is 6.20. The molecule has 1 heterocycles. The Morgan fingerprint density at radius 3 is 3.09 bits per heavy atom. The average Bonchev–Trinajstić information content (AvgIpc) is 2.73. The third-order valence-corrected chi connectivity index (χ3v) is 2.16. The number of aromatic amines is 1. The summed E-state index contributed by atoms with van der Waals surface area (Å²) in [6.45, 7) is 0. The minimum atomic E-state index is -0.174. The molecular formula is C7H9ClN2O. The number of hydrogen-bond donors (Lipinski definition) is 1. The molecule has 0 radical (unpaired) electrons. The van der Waals surface area contributed by atoms with Gasteiger partial charge in [-0.2, -0.15) is 5.10 Å². The second kappa shape index (κ2) is 2.74. The van der Waals surface area contributed by atoms with Gasteiger partial charge in [-0.25, -0.2) is 0 Å². The van der Waals surface area contributed by atoms with Crippen LogP contribution in [0.1, 0.15) is 12.8 Å². The van der Waals surface area contributed by atoms with E-state index in [-0.39, 0.29) is 5.56 Å². The number of hydrogen-bond acceptors (Lipinski definition) is 2. The summed E-state index contributed by atoms with van der Waals surface area (Å²) >= 11 is 5.91. The summed E-state index contributed by atoms with van der Waals surface area (Å²) in [5, 5.41) is 6.41. The van der Waals surface area contributed by atoms with Gasteiger partial charge in [0.05, 0.1) is 12.4 Å². The minimum absolute atomic E-state index is 0.174. The summed E-state index contributed by atoms with van der Waals surface area (Å²) in [5.74, 6) is 1.27. The van der Waals surface area contributed by atoms with Gasteiger partial charge in [0.2, 0.25) is 0 Å². The summed E-state index contributed by atoms with van der Waals surface area (Å²) < 4.78 is 5.35. The lowest BCUT2D eigenvalue weighted by atomic mass is 10.4.